The van der Waals surface area contributed by atoms with Crippen molar-refractivity contribution in [3.63, 3.8) is 0 Å². The molecule has 0 aliphatic rings. The Morgan fingerprint density at radius 3 is 2.69 bits per heavy atom. The molecule has 0 saturated heterocycles. The first-order valence-electron chi connectivity index (χ1n) is 5.29. The van der Waals surface area contributed by atoms with E-state index >= 15 is 0 Å². The van der Waals surface area contributed by atoms with E-state index in [2.05, 4.69) is 4.99 Å². The summed E-state index contributed by atoms with van der Waals surface area (Å²) in [7, 11) is 1.64. The van der Waals surface area contributed by atoms with Crippen LogP contribution in [0.5, 0.6) is 5.75 Å². The maximum Gasteiger partial charge on any atom is 0.127 e. The van der Waals surface area contributed by atoms with E-state index in [9.17, 15) is 0 Å². The van der Waals surface area contributed by atoms with E-state index < -0.39 is 5.54 Å². The summed E-state index contributed by atoms with van der Waals surface area (Å²) in [6.45, 7) is 5.81. The van der Waals surface area contributed by atoms with E-state index in [4.69, 9.17) is 9.84 Å². The highest BCUT2D eigenvalue weighted by molar-refractivity contribution is 5.84. The van der Waals surface area contributed by atoms with Crippen LogP contribution >= 0.6 is 0 Å². The van der Waals surface area contributed by atoms with Gasteiger partial charge in [0.15, 0.2) is 0 Å². The molecule has 1 rings (SSSR count). The molecule has 0 unspecified atom stereocenters. The molecule has 0 fully saturated rings. The van der Waals surface area contributed by atoms with Crippen molar-refractivity contribution in [2.75, 3.05) is 13.7 Å². The van der Waals surface area contributed by atoms with Crippen LogP contribution in [0.1, 0.15) is 25.0 Å². The van der Waals surface area contributed by atoms with Crippen LogP contribution < -0.4 is 4.74 Å². The van der Waals surface area contributed by atoms with Gasteiger partial charge in [-0.2, -0.15) is 0 Å². The zero-order valence-corrected chi connectivity index (χ0v) is 10.3. The molecule has 0 atom stereocenters. The van der Waals surface area contributed by atoms with Gasteiger partial charge in [-0.1, -0.05) is 11.6 Å². The molecule has 1 N–H and O–H groups in total. The SMILES string of the molecule is COc1ccc(C)cc1C=NC(C)(C)CO. The van der Waals surface area contributed by atoms with Gasteiger partial charge in [-0.25, -0.2) is 0 Å². The Labute approximate surface area is 96.8 Å². The summed E-state index contributed by atoms with van der Waals surface area (Å²) in [5.41, 5.74) is 1.64. The quantitative estimate of drug-likeness (QED) is 0.792. The minimum atomic E-state index is -0.450. The first-order valence-corrected chi connectivity index (χ1v) is 5.29. The summed E-state index contributed by atoms with van der Waals surface area (Å²) >= 11 is 0. The summed E-state index contributed by atoms with van der Waals surface area (Å²) in [5.74, 6) is 0.795. The number of aryl methyl sites for hydroxylation is 1. The molecule has 0 heterocycles. The highest BCUT2D eigenvalue weighted by Gasteiger charge is 2.13. The molecule has 3 nitrogen and oxygen atoms in total. The van der Waals surface area contributed by atoms with Gasteiger partial charge in [-0.05, 0) is 32.9 Å². The third kappa shape index (κ3) is 3.35. The number of methoxy groups -OCH3 is 1. The molecular weight excluding hydrogens is 202 g/mol. The molecule has 0 saturated carbocycles. The number of hydrogen-bond donors (Lipinski definition) is 1. The fourth-order valence-electron chi connectivity index (χ4n) is 1.24. The predicted molar refractivity (Wildman–Crippen MR) is 66.5 cm³/mol. The van der Waals surface area contributed by atoms with Gasteiger partial charge in [0.1, 0.15) is 5.75 Å². The molecular formula is C13H19NO2. The number of aliphatic hydroxyl groups excluding tert-OH is 1. The Bertz CT molecular complexity index is 384. The highest BCUT2D eigenvalue weighted by atomic mass is 16.5. The van der Waals surface area contributed by atoms with Gasteiger partial charge in [-0.15, -0.1) is 0 Å². The number of ether oxygens (including phenoxy) is 1. The molecule has 0 aromatic heterocycles. The van der Waals surface area contributed by atoms with Crippen LogP contribution in [0.2, 0.25) is 0 Å². The lowest BCUT2D eigenvalue weighted by molar-refractivity contribution is 0.223. The number of hydrogen-bond acceptors (Lipinski definition) is 3. The van der Waals surface area contributed by atoms with Crippen molar-refractivity contribution in [1.82, 2.24) is 0 Å². The summed E-state index contributed by atoms with van der Waals surface area (Å²) in [5, 5.41) is 9.11. The molecule has 1 aromatic rings. The number of aliphatic imine (C=N–C) groups is 1. The standard InChI is InChI=1S/C13H19NO2/c1-10-5-6-12(16-4)11(7-10)8-14-13(2,3)9-15/h5-8,15H,9H2,1-4H3. The third-order valence-corrected chi connectivity index (χ3v) is 2.33. The number of nitrogens with zero attached hydrogens (tertiary/aromatic N) is 1. The van der Waals surface area contributed by atoms with Crippen LogP contribution in [0.3, 0.4) is 0 Å². The first kappa shape index (κ1) is 12.7. The molecule has 88 valence electrons. The van der Waals surface area contributed by atoms with Gasteiger partial charge in [-0.3, -0.25) is 4.99 Å². The molecule has 0 bridgehead atoms. The smallest absolute Gasteiger partial charge is 0.127 e. The topological polar surface area (TPSA) is 41.8 Å². The van der Waals surface area contributed by atoms with Gasteiger partial charge in [0, 0.05) is 11.8 Å². The lowest BCUT2D eigenvalue weighted by Crippen LogP contribution is -2.22. The van der Waals surface area contributed by atoms with E-state index in [0.717, 1.165) is 16.9 Å². The van der Waals surface area contributed by atoms with Crippen molar-refractivity contribution < 1.29 is 9.84 Å². The van der Waals surface area contributed by atoms with Crippen molar-refractivity contribution in [2.45, 2.75) is 26.3 Å². The minimum Gasteiger partial charge on any atom is -0.496 e. The van der Waals surface area contributed by atoms with E-state index in [1.54, 1.807) is 13.3 Å². The third-order valence-electron chi connectivity index (χ3n) is 2.33. The van der Waals surface area contributed by atoms with Crippen LogP contribution in [0.25, 0.3) is 0 Å². The maximum atomic E-state index is 9.11. The summed E-state index contributed by atoms with van der Waals surface area (Å²) < 4.78 is 5.25. The van der Waals surface area contributed by atoms with Crippen molar-refractivity contribution in [3.8, 4) is 5.75 Å². The van der Waals surface area contributed by atoms with Crippen LogP contribution in [-0.2, 0) is 0 Å². The van der Waals surface area contributed by atoms with E-state index in [1.165, 1.54) is 0 Å². The summed E-state index contributed by atoms with van der Waals surface area (Å²) in [6.07, 6.45) is 1.75. The van der Waals surface area contributed by atoms with Crippen molar-refractivity contribution in [3.05, 3.63) is 29.3 Å². The second-order valence-corrected chi connectivity index (χ2v) is 4.47. The van der Waals surface area contributed by atoms with Gasteiger partial charge in [0.05, 0.1) is 19.3 Å². The Kier molecular flexibility index (Phi) is 4.07. The zero-order valence-electron chi connectivity index (χ0n) is 10.3. The van der Waals surface area contributed by atoms with Crippen LogP contribution in [0, 0.1) is 6.92 Å². The van der Waals surface area contributed by atoms with E-state index in [1.807, 2.05) is 39.0 Å². The second-order valence-electron chi connectivity index (χ2n) is 4.47. The second kappa shape index (κ2) is 5.12. The lowest BCUT2D eigenvalue weighted by atomic mass is 10.1. The predicted octanol–water partition coefficient (Wildman–Crippen LogP) is 2.19. The molecule has 1 aromatic carbocycles. The molecule has 0 amide bonds. The summed E-state index contributed by atoms with van der Waals surface area (Å²) in [4.78, 5) is 4.34. The average molecular weight is 221 g/mol. The molecule has 3 heteroatoms. The average Bonchev–Trinajstić information content (AvgIpc) is 2.27. The fraction of sp³-hybridized carbons (Fsp3) is 0.462. The highest BCUT2D eigenvalue weighted by Crippen LogP contribution is 2.18. The van der Waals surface area contributed by atoms with E-state index in [0.29, 0.717) is 0 Å². The van der Waals surface area contributed by atoms with Gasteiger partial charge in [0.25, 0.3) is 0 Å². The zero-order chi connectivity index (χ0) is 12.2. The number of benzene rings is 1. The Hall–Kier alpha value is -1.35. The lowest BCUT2D eigenvalue weighted by Gasteiger charge is -2.15. The molecule has 0 spiro atoms. The summed E-state index contributed by atoms with van der Waals surface area (Å²) in [6, 6.07) is 5.92. The molecule has 0 radical (unpaired) electrons. The Morgan fingerprint density at radius 2 is 2.12 bits per heavy atom. The van der Waals surface area contributed by atoms with Crippen LogP contribution in [-0.4, -0.2) is 30.6 Å². The Morgan fingerprint density at radius 1 is 1.44 bits per heavy atom. The van der Waals surface area contributed by atoms with Gasteiger partial charge in [0.2, 0.25) is 0 Å². The minimum absolute atomic E-state index is 0.0254. The first-order chi connectivity index (χ1) is 7.48. The van der Waals surface area contributed by atoms with Gasteiger partial charge < -0.3 is 9.84 Å². The monoisotopic (exact) mass is 221 g/mol. The van der Waals surface area contributed by atoms with Crippen molar-refractivity contribution >= 4 is 6.21 Å². The Balaban J connectivity index is 3.00. The van der Waals surface area contributed by atoms with Crippen LogP contribution in [0.4, 0.5) is 0 Å². The number of rotatable bonds is 4. The van der Waals surface area contributed by atoms with E-state index in [-0.39, 0.29) is 6.61 Å². The largest absolute Gasteiger partial charge is 0.496 e. The number of aliphatic hydroxyl groups is 1. The molecule has 0 aliphatic heterocycles. The van der Waals surface area contributed by atoms with Crippen molar-refractivity contribution in [1.29, 1.82) is 0 Å². The van der Waals surface area contributed by atoms with Gasteiger partial charge >= 0.3 is 0 Å². The maximum absolute atomic E-state index is 9.11. The fourth-order valence-corrected chi connectivity index (χ4v) is 1.24. The molecule has 16 heavy (non-hydrogen) atoms. The van der Waals surface area contributed by atoms with Crippen molar-refractivity contribution in [2.24, 2.45) is 4.99 Å². The molecule has 0 aliphatic carbocycles. The van der Waals surface area contributed by atoms with Crippen LogP contribution in [0.15, 0.2) is 23.2 Å². The normalized spacial score (nSPS) is 12.1.